The summed E-state index contributed by atoms with van der Waals surface area (Å²) in [4.78, 5) is 8.28. The van der Waals surface area contributed by atoms with Gasteiger partial charge in [-0.05, 0) is 37.1 Å². The zero-order chi connectivity index (χ0) is 13.8. The molecule has 2 aromatic rings. The van der Waals surface area contributed by atoms with Crippen LogP contribution in [0.15, 0.2) is 29.5 Å². The van der Waals surface area contributed by atoms with Crippen LogP contribution in [0.1, 0.15) is 17.0 Å². The Morgan fingerprint density at radius 1 is 1.35 bits per heavy atom. The lowest BCUT2D eigenvalue weighted by Gasteiger charge is -2.07. The van der Waals surface area contributed by atoms with Gasteiger partial charge >= 0.3 is 0 Å². The molecule has 0 bridgehead atoms. The maximum Gasteiger partial charge on any atom is 0.193 e. The number of guanidine groups is 1. The van der Waals surface area contributed by atoms with Crippen LogP contribution in [0.5, 0.6) is 0 Å². The van der Waals surface area contributed by atoms with Crippen LogP contribution in [-0.4, -0.2) is 20.7 Å². The van der Waals surface area contributed by atoms with Crippen molar-refractivity contribution in [2.24, 2.45) is 17.8 Å². The molecule has 20 heavy (non-hydrogen) atoms. The highest BCUT2D eigenvalue weighted by Crippen LogP contribution is 2.13. The summed E-state index contributed by atoms with van der Waals surface area (Å²) in [6.45, 7) is 4.50. The molecule has 6 nitrogen and oxygen atoms in total. The molecule has 7 heteroatoms. The maximum atomic E-state index is 5.83. The van der Waals surface area contributed by atoms with Gasteiger partial charge in [-0.2, -0.15) is 5.10 Å². The van der Waals surface area contributed by atoms with Crippen molar-refractivity contribution >= 4 is 35.6 Å². The predicted octanol–water partition coefficient (Wildman–Crippen LogP) is 1.98. The Balaban J connectivity index is 0.00000200. The first-order valence-electron chi connectivity index (χ1n) is 6.03. The third kappa shape index (κ3) is 4.48. The van der Waals surface area contributed by atoms with Gasteiger partial charge in [-0.15, -0.1) is 24.0 Å². The minimum atomic E-state index is 0. The molecule has 2 rings (SSSR count). The fourth-order valence-corrected chi connectivity index (χ4v) is 1.62. The molecule has 0 aliphatic heterocycles. The van der Waals surface area contributed by atoms with E-state index in [1.54, 1.807) is 11.0 Å². The molecule has 1 aromatic heterocycles. The van der Waals surface area contributed by atoms with Gasteiger partial charge in [0.05, 0.1) is 0 Å². The lowest BCUT2D eigenvalue weighted by molar-refractivity contribution is 0.742. The normalized spacial score (nSPS) is 11.1. The van der Waals surface area contributed by atoms with E-state index in [1.807, 2.05) is 25.2 Å². The van der Waals surface area contributed by atoms with Gasteiger partial charge in [0.15, 0.2) is 11.8 Å². The van der Waals surface area contributed by atoms with E-state index < -0.39 is 0 Å². The minimum absolute atomic E-state index is 0. The number of aliphatic imine (C=N–C) groups is 1. The number of hydrogen-bond donors (Lipinski definition) is 2. The van der Waals surface area contributed by atoms with Gasteiger partial charge in [-0.1, -0.05) is 6.07 Å². The number of nitrogens with zero attached hydrogens (tertiary/aromatic N) is 4. The Kier molecular flexibility index (Phi) is 5.93. The van der Waals surface area contributed by atoms with E-state index in [2.05, 4.69) is 34.2 Å². The van der Waals surface area contributed by atoms with E-state index >= 15 is 0 Å². The molecule has 0 saturated carbocycles. The standard InChI is InChI=1S/C13H18N6.HI/c1-9-4-5-11(6-10(9)2)17-13(14)15-7-12-16-8-19(3)18-12;/h4-6,8H,7H2,1-3H3,(H3,14,15,17);1H. The number of rotatable bonds is 3. The number of hydrogen-bond acceptors (Lipinski definition) is 3. The highest BCUT2D eigenvalue weighted by molar-refractivity contribution is 14.0. The largest absolute Gasteiger partial charge is 0.370 e. The fourth-order valence-electron chi connectivity index (χ4n) is 1.62. The van der Waals surface area contributed by atoms with E-state index in [4.69, 9.17) is 5.73 Å². The van der Waals surface area contributed by atoms with Crippen molar-refractivity contribution in [3.8, 4) is 0 Å². The first-order valence-corrected chi connectivity index (χ1v) is 6.03. The first-order chi connectivity index (χ1) is 9.04. The Morgan fingerprint density at radius 3 is 2.70 bits per heavy atom. The molecule has 0 atom stereocenters. The van der Waals surface area contributed by atoms with Gasteiger partial charge in [0.25, 0.3) is 0 Å². The monoisotopic (exact) mass is 386 g/mol. The van der Waals surface area contributed by atoms with Gasteiger partial charge < -0.3 is 11.1 Å². The van der Waals surface area contributed by atoms with Crippen molar-refractivity contribution in [1.82, 2.24) is 14.8 Å². The van der Waals surface area contributed by atoms with Gasteiger partial charge in [-0.3, -0.25) is 4.68 Å². The summed E-state index contributed by atoms with van der Waals surface area (Å²) in [6.07, 6.45) is 1.64. The zero-order valence-corrected chi connectivity index (χ0v) is 14.1. The number of nitrogens with two attached hydrogens (primary N) is 1. The number of halogens is 1. The van der Waals surface area contributed by atoms with Crippen LogP contribution in [0.4, 0.5) is 5.69 Å². The smallest absolute Gasteiger partial charge is 0.193 e. The third-order valence-corrected chi connectivity index (χ3v) is 2.82. The molecule has 0 aliphatic rings. The van der Waals surface area contributed by atoms with Gasteiger partial charge in [0, 0.05) is 12.7 Å². The number of nitrogens with one attached hydrogen (secondary N) is 1. The van der Waals surface area contributed by atoms with Crippen LogP contribution in [0.2, 0.25) is 0 Å². The average molecular weight is 386 g/mol. The quantitative estimate of drug-likeness (QED) is 0.480. The number of aromatic nitrogens is 3. The number of benzene rings is 1. The maximum absolute atomic E-state index is 5.83. The topological polar surface area (TPSA) is 81.1 Å². The zero-order valence-electron chi connectivity index (χ0n) is 11.8. The average Bonchev–Trinajstić information content (AvgIpc) is 2.77. The Bertz CT molecular complexity index is 605. The molecule has 0 spiro atoms. The van der Waals surface area contributed by atoms with E-state index in [0.717, 1.165) is 5.69 Å². The summed E-state index contributed by atoms with van der Waals surface area (Å²) in [5.74, 6) is 1.00. The fraction of sp³-hybridized carbons (Fsp3) is 0.308. The highest BCUT2D eigenvalue weighted by atomic mass is 127. The molecule has 0 amide bonds. The van der Waals surface area contributed by atoms with Crippen LogP contribution < -0.4 is 11.1 Å². The highest BCUT2D eigenvalue weighted by Gasteiger charge is 2.00. The Morgan fingerprint density at radius 2 is 2.10 bits per heavy atom. The van der Waals surface area contributed by atoms with Gasteiger partial charge in [0.2, 0.25) is 0 Å². The van der Waals surface area contributed by atoms with E-state index in [-0.39, 0.29) is 24.0 Å². The lowest BCUT2D eigenvalue weighted by Crippen LogP contribution is -2.22. The van der Waals surface area contributed by atoms with Crippen LogP contribution >= 0.6 is 24.0 Å². The molecule has 0 radical (unpaired) electrons. The molecule has 0 unspecified atom stereocenters. The molecular formula is C13H19IN6. The second-order valence-corrected chi connectivity index (χ2v) is 4.46. The molecule has 0 saturated heterocycles. The van der Waals surface area contributed by atoms with Gasteiger partial charge in [-0.25, -0.2) is 9.98 Å². The summed E-state index contributed by atoms with van der Waals surface area (Å²) >= 11 is 0. The first kappa shape index (κ1) is 16.4. The van der Waals surface area contributed by atoms with Crippen LogP contribution in [0.25, 0.3) is 0 Å². The molecule has 0 fully saturated rings. The van der Waals surface area contributed by atoms with Crippen molar-refractivity contribution < 1.29 is 0 Å². The van der Waals surface area contributed by atoms with Gasteiger partial charge in [0.1, 0.15) is 12.9 Å². The molecule has 108 valence electrons. The van der Waals surface area contributed by atoms with Crippen molar-refractivity contribution in [3.05, 3.63) is 41.5 Å². The van der Waals surface area contributed by atoms with Crippen LogP contribution in [0.3, 0.4) is 0 Å². The lowest BCUT2D eigenvalue weighted by atomic mass is 10.1. The number of anilines is 1. The summed E-state index contributed by atoms with van der Waals surface area (Å²) < 4.78 is 1.64. The summed E-state index contributed by atoms with van der Waals surface area (Å²) in [5.41, 5.74) is 9.22. The van der Waals surface area contributed by atoms with E-state index in [0.29, 0.717) is 18.3 Å². The second-order valence-electron chi connectivity index (χ2n) is 4.46. The SMILES string of the molecule is Cc1ccc(NC(N)=NCc2ncn(C)n2)cc1C.I. The van der Waals surface area contributed by atoms with Crippen molar-refractivity contribution in [3.63, 3.8) is 0 Å². The molecule has 1 aromatic carbocycles. The summed E-state index contributed by atoms with van der Waals surface area (Å²) in [5, 5.41) is 7.18. The van der Waals surface area contributed by atoms with Crippen LogP contribution in [0, 0.1) is 13.8 Å². The van der Waals surface area contributed by atoms with E-state index in [9.17, 15) is 0 Å². The number of aryl methyl sites for hydroxylation is 3. The van der Waals surface area contributed by atoms with Crippen molar-refractivity contribution in [2.75, 3.05) is 5.32 Å². The summed E-state index contributed by atoms with van der Waals surface area (Å²) in [7, 11) is 1.82. The van der Waals surface area contributed by atoms with E-state index in [1.165, 1.54) is 11.1 Å². The van der Waals surface area contributed by atoms with Crippen molar-refractivity contribution in [1.29, 1.82) is 0 Å². The molecule has 1 heterocycles. The molecule has 3 N–H and O–H groups in total. The molecular weight excluding hydrogens is 367 g/mol. The summed E-state index contributed by atoms with van der Waals surface area (Å²) in [6, 6.07) is 6.06. The minimum Gasteiger partial charge on any atom is -0.370 e. The second kappa shape index (κ2) is 7.22. The van der Waals surface area contributed by atoms with Crippen LogP contribution in [-0.2, 0) is 13.6 Å². The molecule has 0 aliphatic carbocycles. The third-order valence-electron chi connectivity index (χ3n) is 2.82. The van der Waals surface area contributed by atoms with Crippen molar-refractivity contribution in [2.45, 2.75) is 20.4 Å². The Labute approximate surface area is 135 Å². The predicted molar refractivity (Wildman–Crippen MR) is 91.3 cm³/mol. The Hall–Kier alpha value is -1.64.